The highest BCUT2D eigenvalue weighted by molar-refractivity contribution is 5.71. The SMILES string of the molecule is CC(C)(C)Cc1ccnc2ocnc12. The Morgan fingerprint density at radius 2 is 2.07 bits per heavy atom. The van der Waals surface area contributed by atoms with Gasteiger partial charge in [-0.2, -0.15) is 0 Å². The highest BCUT2D eigenvalue weighted by Crippen LogP contribution is 2.24. The van der Waals surface area contributed by atoms with Crippen molar-refractivity contribution in [2.75, 3.05) is 0 Å². The number of aromatic nitrogens is 2. The summed E-state index contributed by atoms with van der Waals surface area (Å²) in [6, 6.07) is 2.01. The third-order valence-electron chi connectivity index (χ3n) is 2.04. The summed E-state index contributed by atoms with van der Waals surface area (Å²) >= 11 is 0. The highest BCUT2D eigenvalue weighted by Gasteiger charge is 2.15. The molecule has 0 aromatic carbocycles. The Bertz CT molecular complexity index is 440. The van der Waals surface area contributed by atoms with Gasteiger partial charge in [0, 0.05) is 6.20 Å². The highest BCUT2D eigenvalue weighted by atomic mass is 16.3. The van der Waals surface area contributed by atoms with Crippen LogP contribution in [0.5, 0.6) is 0 Å². The molecule has 14 heavy (non-hydrogen) atoms. The van der Waals surface area contributed by atoms with Crippen LogP contribution in [0, 0.1) is 5.41 Å². The molecule has 2 rings (SSSR count). The molecule has 0 aliphatic carbocycles. The van der Waals surface area contributed by atoms with E-state index in [1.54, 1.807) is 6.20 Å². The van der Waals surface area contributed by atoms with Gasteiger partial charge in [0.1, 0.15) is 5.52 Å². The molecule has 74 valence electrons. The second kappa shape index (κ2) is 3.08. The predicted octanol–water partition coefficient (Wildman–Crippen LogP) is 2.81. The monoisotopic (exact) mass is 190 g/mol. The Morgan fingerprint density at radius 1 is 1.29 bits per heavy atom. The topological polar surface area (TPSA) is 38.9 Å². The number of oxazole rings is 1. The molecule has 0 aliphatic heterocycles. The van der Waals surface area contributed by atoms with Gasteiger partial charge < -0.3 is 4.42 Å². The lowest BCUT2D eigenvalue weighted by molar-refractivity contribution is 0.412. The number of hydrogen-bond acceptors (Lipinski definition) is 3. The molecule has 2 aromatic rings. The third-order valence-corrected chi connectivity index (χ3v) is 2.04. The lowest BCUT2D eigenvalue weighted by atomic mass is 9.88. The lowest BCUT2D eigenvalue weighted by Gasteiger charge is -2.17. The van der Waals surface area contributed by atoms with Crippen molar-refractivity contribution in [2.45, 2.75) is 27.2 Å². The van der Waals surface area contributed by atoms with Crippen molar-refractivity contribution in [3.8, 4) is 0 Å². The number of fused-ring (bicyclic) bond motifs is 1. The first-order valence-electron chi connectivity index (χ1n) is 4.73. The molecule has 0 fully saturated rings. The van der Waals surface area contributed by atoms with Crippen LogP contribution in [0.15, 0.2) is 23.1 Å². The second-order valence-corrected chi connectivity index (χ2v) is 4.71. The fourth-order valence-electron chi connectivity index (χ4n) is 1.54. The average Bonchev–Trinajstić information content (AvgIpc) is 2.49. The zero-order valence-corrected chi connectivity index (χ0v) is 8.74. The van der Waals surface area contributed by atoms with Crippen LogP contribution in [0.3, 0.4) is 0 Å². The number of nitrogens with zero attached hydrogens (tertiary/aromatic N) is 2. The fraction of sp³-hybridized carbons (Fsp3) is 0.455. The van der Waals surface area contributed by atoms with Crippen molar-refractivity contribution in [1.29, 1.82) is 0 Å². The number of pyridine rings is 1. The van der Waals surface area contributed by atoms with Crippen LogP contribution in [0.4, 0.5) is 0 Å². The largest absolute Gasteiger partial charge is 0.425 e. The molecule has 0 bridgehead atoms. The van der Waals surface area contributed by atoms with E-state index < -0.39 is 0 Å². The van der Waals surface area contributed by atoms with Gasteiger partial charge in [-0.1, -0.05) is 20.8 Å². The minimum absolute atomic E-state index is 0.257. The molecular formula is C11H14N2O. The average molecular weight is 190 g/mol. The van der Waals surface area contributed by atoms with Gasteiger partial charge in [0.2, 0.25) is 5.71 Å². The molecule has 2 aromatic heterocycles. The van der Waals surface area contributed by atoms with E-state index >= 15 is 0 Å². The van der Waals surface area contributed by atoms with E-state index in [4.69, 9.17) is 4.42 Å². The third kappa shape index (κ3) is 1.76. The Balaban J connectivity index is 2.46. The van der Waals surface area contributed by atoms with Gasteiger partial charge in [-0.05, 0) is 23.5 Å². The maximum atomic E-state index is 5.15. The van der Waals surface area contributed by atoms with Crippen LogP contribution in [0.25, 0.3) is 11.2 Å². The molecule has 0 atom stereocenters. The van der Waals surface area contributed by atoms with Gasteiger partial charge in [-0.3, -0.25) is 0 Å². The zero-order valence-electron chi connectivity index (χ0n) is 8.74. The van der Waals surface area contributed by atoms with E-state index in [-0.39, 0.29) is 5.41 Å². The summed E-state index contributed by atoms with van der Waals surface area (Å²) in [5, 5.41) is 0. The van der Waals surface area contributed by atoms with E-state index in [0.717, 1.165) is 11.9 Å². The summed E-state index contributed by atoms with van der Waals surface area (Å²) in [5.41, 5.74) is 2.98. The van der Waals surface area contributed by atoms with Crippen LogP contribution in [0.2, 0.25) is 0 Å². The minimum Gasteiger partial charge on any atom is -0.425 e. The molecular weight excluding hydrogens is 176 g/mol. The first-order chi connectivity index (χ1) is 6.56. The maximum Gasteiger partial charge on any atom is 0.246 e. The second-order valence-electron chi connectivity index (χ2n) is 4.71. The normalized spacial score (nSPS) is 12.2. The summed E-state index contributed by atoms with van der Waals surface area (Å²) in [5.74, 6) is 0. The Morgan fingerprint density at radius 3 is 2.79 bits per heavy atom. The van der Waals surface area contributed by atoms with E-state index in [1.807, 2.05) is 6.07 Å². The van der Waals surface area contributed by atoms with Gasteiger partial charge in [0.05, 0.1) is 0 Å². The summed E-state index contributed by atoms with van der Waals surface area (Å²) in [6.07, 6.45) is 4.21. The van der Waals surface area contributed by atoms with Crippen molar-refractivity contribution in [3.05, 3.63) is 24.2 Å². The summed E-state index contributed by atoms with van der Waals surface area (Å²) in [6.45, 7) is 6.62. The van der Waals surface area contributed by atoms with Gasteiger partial charge >= 0.3 is 0 Å². The molecule has 0 saturated carbocycles. The van der Waals surface area contributed by atoms with Crippen molar-refractivity contribution >= 4 is 11.2 Å². The van der Waals surface area contributed by atoms with Crippen LogP contribution in [0.1, 0.15) is 26.3 Å². The summed E-state index contributed by atoms with van der Waals surface area (Å²) in [7, 11) is 0. The molecule has 0 N–H and O–H groups in total. The first kappa shape index (κ1) is 9.19. The number of rotatable bonds is 1. The van der Waals surface area contributed by atoms with E-state index in [9.17, 15) is 0 Å². The quantitative estimate of drug-likeness (QED) is 0.694. The van der Waals surface area contributed by atoms with Crippen LogP contribution >= 0.6 is 0 Å². The zero-order chi connectivity index (χ0) is 10.2. The van der Waals surface area contributed by atoms with E-state index in [0.29, 0.717) is 5.71 Å². The van der Waals surface area contributed by atoms with Crippen molar-refractivity contribution in [2.24, 2.45) is 5.41 Å². The molecule has 3 heteroatoms. The van der Waals surface area contributed by atoms with Crippen LogP contribution in [-0.4, -0.2) is 9.97 Å². The molecule has 0 radical (unpaired) electrons. The lowest BCUT2D eigenvalue weighted by Crippen LogP contribution is -2.09. The van der Waals surface area contributed by atoms with E-state index in [1.165, 1.54) is 12.0 Å². The molecule has 0 spiro atoms. The van der Waals surface area contributed by atoms with Gasteiger partial charge in [0.15, 0.2) is 6.39 Å². The van der Waals surface area contributed by atoms with Crippen molar-refractivity contribution in [3.63, 3.8) is 0 Å². The van der Waals surface area contributed by atoms with E-state index in [2.05, 4.69) is 30.7 Å². The first-order valence-corrected chi connectivity index (χ1v) is 4.73. The smallest absolute Gasteiger partial charge is 0.246 e. The molecule has 0 amide bonds. The summed E-state index contributed by atoms with van der Waals surface area (Å²) in [4.78, 5) is 8.28. The molecule has 0 saturated heterocycles. The van der Waals surface area contributed by atoms with Crippen molar-refractivity contribution in [1.82, 2.24) is 9.97 Å². The fourth-order valence-corrected chi connectivity index (χ4v) is 1.54. The summed E-state index contributed by atoms with van der Waals surface area (Å²) < 4.78 is 5.15. The van der Waals surface area contributed by atoms with Gasteiger partial charge in [-0.25, -0.2) is 9.97 Å². The molecule has 0 unspecified atom stereocenters. The number of hydrogen-bond donors (Lipinski definition) is 0. The Labute approximate surface area is 83.2 Å². The molecule has 0 aliphatic rings. The Hall–Kier alpha value is -1.38. The van der Waals surface area contributed by atoms with Crippen molar-refractivity contribution < 1.29 is 4.42 Å². The van der Waals surface area contributed by atoms with Crippen LogP contribution in [-0.2, 0) is 6.42 Å². The van der Waals surface area contributed by atoms with Gasteiger partial charge in [-0.15, -0.1) is 0 Å². The minimum atomic E-state index is 0.257. The Kier molecular flexibility index (Phi) is 2.02. The molecule has 3 nitrogen and oxygen atoms in total. The maximum absolute atomic E-state index is 5.15. The molecule has 2 heterocycles. The van der Waals surface area contributed by atoms with Crippen LogP contribution < -0.4 is 0 Å². The predicted molar refractivity (Wildman–Crippen MR) is 55.0 cm³/mol. The van der Waals surface area contributed by atoms with Gasteiger partial charge in [0.25, 0.3) is 0 Å². The standard InChI is InChI=1S/C11H14N2O/c1-11(2,3)6-8-4-5-12-10-9(8)13-7-14-10/h4-5,7H,6H2,1-3H3.